The van der Waals surface area contributed by atoms with Crippen molar-refractivity contribution in [3.63, 3.8) is 0 Å². The first kappa shape index (κ1) is 40.6. The third kappa shape index (κ3) is 5.31. The van der Waals surface area contributed by atoms with Crippen molar-refractivity contribution in [1.82, 2.24) is 22.7 Å². The normalized spacial score (nSPS) is 12.4. The van der Waals surface area contributed by atoms with Crippen LogP contribution >= 0.6 is 0 Å². The largest absolute Gasteiger partial charge is 0.309 e. The van der Waals surface area contributed by atoms with Gasteiger partial charge in [0.05, 0.1) is 72.5 Å². The number of hydrogen-bond acceptors (Lipinski definition) is 1. The van der Waals surface area contributed by atoms with Gasteiger partial charge in [0.25, 0.3) is 0 Å². The van der Waals surface area contributed by atoms with E-state index in [9.17, 15) is 5.26 Å². The fraction of sp³-hybridized carbons (Fsp3) is 0.0147. The second-order valence-electron chi connectivity index (χ2n) is 19.6. The molecule has 344 valence electrons. The molecule has 16 rings (SSSR count). The van der Waals surface area contributed by atoms with E-state index in [1.807, 2.05) is 6.08 Å². The van der Waals surface area contributed by atoms with E-state index in [4.69, 9.17) is 0 Å². The van der Waals surface area contributed by atoms with Crippen LogP contribution in [0.5, 0.6) is 0 Å². The molecule has 0 bridgehead atoms. The summed E-state index contributed by atoms with van der Waals surface area (Å²) in [6, 6.07) is 77.6. The van der Waals surface area contributed by atoms with E-state index in [2.05, 4.69) is 261 Å². The molecule has 74 heavy (non-hydrogen) atoms. The Morgan fingerprint density at radius 3 is 1.11 bits per heavy atom. The molecule has 0 saturated carbocycles. The van der Waals surface area contributed by atoms with Gasteiger partial charge in [0.1, 0.15) is 0 Å². The first-order valence-corrected chi connectivity index (χ1v) is 25.2. The Kier molecular flexibility index (Phi) is 8.22. The molecule has 0 radical (unpaired) electrons. The summed E-state index contributed by atoms with van der Waals surface area (Å²) >= 11 is 0. The number of aromatic nitrogens is 5. The predicted octanol–water partition coefficient (Wildman–Crippen LogP) is 17.6. The molecular weight excluding hydrogens is 901 g/mol. The summed E-state index contributed by atoms with van der Waals surface area (Å²) in [5.41, 5.74) is 18.7. The van der Waals surface area contributed by atoms with Gasteiger partial charge in [0.2, 0.25) is 0 Å². The smallest absolute Gasteiger partial charge is 0.0992 e. The molecule has 0 unspecified atom stereocenters. The highest BCUT2D eigenvalue weighted by atomic mass is 15.0. The number of hydrogen-bond donors (Lipinski definition) is 0. The van der Waals surface area contributed by atoms with Crippen molar-refractivity contribution >= 4 is 127 Å². The standard InChI is InChI=1S/C68H42N6/c1-3-15-58-46(4-2)47-16-5-10-21-59(47)70(58)42-26-30-64-52(36-42)50-19-8-13-24-62(50)72(64)44-28-32-66-54(38-44)56-34-41(40-69)35-57-55-39-45(29-33-67(55)74(66)68(56)57)73-63-25-14-9-20-51(63)53-37-43(27-31-65(53)73)71-60-22-11-6-17-48(60)49-18-7-12-23-61(49)71/h3-39H,2H2,1H3/b15-3-. The van der Waals surface area contributed by atoms with E-state index in [0.29, 0.717) is 5.56 Å². The van der Waals surface area contributed by atoms with Crippen LogP contribution in [0.4, 0.5) is 0 Å². The maximum absolute atomic E-state index is 10.6. The summed E-state index contributed by atoms with van der Waals surface area (Å²) in [5.74, 6) is 0. The summed E-state index contributed by atoms with van der Waals surface area (Å²) in [5, 5.41) is 23.4. The molecule has 0 aliphatic rings. The van der Waals surface area contributed by atoms with Gasteiger partial charge in [-0.05, 0) is 128 Å². The van der Waals surface area contributed by atoms with Crippen LogP contribution in [0.1, 0.15) is 23.7 Å². The van der Waals surface area contributed by atoms with Gasteiger partial charge in [-0.15, -0.1) is 0 Å². The number of allylic oxidation sites excluding steroid dienone is 1. The third-order valence-electron chi connectivity index (χ3n) is 15.9. The lowest BCUT2D eigenvalue weighted by Crippen LogP contribution is -1.98. The summed E-state index contributed by atoms with van der Waals surface area (Å²) in [6.07, 6.45) is 6.25. The number of benzene rings is 10. The van der Waals surface area contributed by atoms with Crippen LogP contribution < -0.4 is 0 Å². The molecule has 10 aromatic carbocycles. The highest BCUT2D eigenvalue weighted by Gasteiger charge is 2.23. The van der Waals surface area contributed by atoms with E-state index in [0.717, 1.165) is 99.7 Å². The van der Waals surface area contributed by atoms with Gasteiger partial charge >= 0.3 is 0 Å². The van der Waals surface area contributed by atoms with Crippen molar-refractivity contribution in [2.75, 3.05) is 0 Å². The average Bonchev–Trinajstić information content (AvgIpc) is 4.34. The maximum Gasteiger partial charge on any atom is 0.0992 e. The quantitative estimate of drug-likeness (QED) is 0.164. The van der Waals surface area contributed by atoms with E-state index in [1.54, 1.807) is 0 Å². The molecule has 6 nitrogen and oxygen atoms in total. The second-order valence-corrected chi connectivity index (χ2v) is 19.6. The molecule has 0 amide bonds. The molecule has 6 heteroatoms. The zero-order chi connectivity index (χ0) is 48.9. The monoisotopic (exact) mass is 942 g/mol. The van der Waals surface area contributed by atoms with Crippen molar-refractivity contribution < 1.29 is 0 Å². The minimum atomic E-state index is 0.642. The number of nitriles is 1. The first-order chi connectivity index (χ1) is 36.6. The van der Waals surface area contributed by atoms with Gasteiger partial charge in [-0.2, -0.15) is 5.26 Å². The minimum absolute atomic E-state index is 0.642. The minimum Gasteiger partial charge on any atom is -0.309 e. The second kappa shape index (κ2) is 15.0. The molecule has 0 atom stereocenters. The molecule has 0 aliphatic carbocycles. The molecule has 6 heterocycles. The predicted molar refractivity (Wildman–Crippen MR) is 310 cm³/mol. The van der Waals surface area contributed by atoms with Crippen LogP contribution in [0.15, 0.2) is 219 Å². The van der Waals surface area contributed by atoms with E-state index in [-0.39, 0.29) is 0 Å². The maximum atomic E-state index is 10.6. The van der Waals surface area contributed by atoms with Crippen molar-refractivity contribution in [2.24, 2.45) is 0 Å². The first-order valence-electron chi connectivity index (χ1n) is 25.2. The van der Waals surface area contributed by atoms with Crippen LogP contribution in [0.25, 0.3) is 149 Å². The highest BCUT2D eigenvalue weighted by Crippen LogP contribution is 2.44. The Morgan fingerprint density at radius 2 is 0.703 bits per heavy atom. The van der Waals surface area contributed by atoms with Crippen LogP contribution in [0, 0.1) is 11.3 Å². The van der Waals surface area contributed by atoms with Crippen LogP contribution in [0.2, 0.25) is 0 Å². The van der Waals surface area contributed by atoms with E-state index in [1.165, 1.54) is 48.7 Å². The molecule has 0 saturated heterocycles. The number of para-hydroxylation sites is 5. The zero-order valence-electron chi connectivity index (χ0n) is 40.3. The molecule has 6 aromatic heterocycles. The van der Waals surface area contributed by atoms with E-state index < -0.39 is 0 Å². The molecular formula is C68H42N6. The average molecular weight is 943 g/mol. The topological polar surface area (TPSA) is 47.9 Å². The highest BCUT2D eigenvalue weighted by molar-refractivity contribution is 6.25. The fourth-order valence-corrected chi connectivity index (χ4v) is 12.9. The Labute approximate surface area is 423 Å². The third-order valence-corrected chi connectivity index (χ3v) is 15.9. The van der Waals surface area contributed by atoms with Crippen LogP contribution in [0.3, 0.4) is 0 Å². The Balaban J connectivity index is 0.871. The molecule has 0 N–H and O–H groups in total. The molecule has 0 aliphatic heterocycles. The number of fused-ring (bicyclic) bond motifs is 16. The Hall–Kier alpha value is -10.1. The summed E-state index contributed by atoms with van der Waals surface area (Å²) < 4.78 is 12.0. The van der Waals surface area contributed by atoms with Crippen molar-refractivity contribution in [1.29, 1.82) is 5.26 Å². The lowest BCUT2D eigenvalue weighted by atomic mass is 10.0. The molecule has 16 aromatic rings. The van der Waals surface area contributed by atoms with Gasteiger partial charge in [-0.1, -0.05) is 110 Å². The fourth-order valence-electron chi connectivity index (χ4n) is 12.9. The number of nitrogens with zero attached hydrogens (tertiary/aromatic N) is 6. The Morgan fingerprint density at radius 1 is 0.365 bits per heavy atom. The lowest BCUT2D eigenvalue weighted by Gasteiger charge is -2.12. The molecule has 0 fully saturated rings. The van der Waals surface area contributed by atoms with Gasteiger partial charge < -0.3 is 22.7 Å². The van der Waals surface area contributed by atoms with Gasteiger partial charge in [0.15, 0.2) is 0 Å². The lowest BCUT2D eigenvalue weighted by molar-refractivity contribution is 1.11. The van der Waals surface area contributed by atoms with Crippen LogP contribution in [-0.4, -0.2) is 22.7 Å². The Bertz CT molecular complexity index is 5130. The SMILES string of the molecule is C=Cc1c(/C=C\C)n(-c2ccc3c(c2)c2ccccc2n3-c2ccc3c(c2)c2cc(C#N)cc4c5cc(-n6c7ccccc7c7cc(-n8c9ccccc9c9ccccc98)ccc76)ccc5n3c24)c2ccccc12. The van der Waals surface area contributed by atoms with Crippen LogP contribution in [-0.2, 0) is 0 Å². The summed E-state index contributed by atoms with van der Waals surface area (Å²) in [6.45, 7) is 6.28. The van der Waals surface area contributed by atoms with Gasteiger partial charge in [-0.3, -0.25) is 0 Å². The molecule has 0 spiro atoms. The number of rotatable bonds is 6. The zero-order valence-corrected chi connectivity index (χ0v) is 40.3. The van der Waals surface area contributed by atoms with Gasteiger partial charge in [0, 0.05) is 87.6 Å². The van der Waals surface area contributed by atoms with Crippen molar-refractivity contribution in [2.45, 2.75) is 6.92 Å². The van der Waals surface area contributed by atoms with E-state index >= 15 is 0 Å². The van der Waals surface area contributed by atoms with Gasteiger partial charge in [-0.25, -0.2) is 0 Å². The summed E-state index contributed by atoms with van der Waals surface area (Å²) in [4.78, 5) is 0. The van der Waals surface area contributed by atoms with Crippen molar-refractivity contribution in [3.05, 3.63) is 236 Å². The van der Waals surface area contributed by atoms with Crippen molar-refractivity contribution in [3.8, 4) is 28.8 Å². The summed E-state index contributed by atoms with van der Waals surface area (Å²) in [7, 11) is 0.